The number of hydrogen-bond acceptors (Lipinski definition) is 14. The number of likely N-dealkylation sites (tertiary alicyclic amines) is 2. The molecule has 0 unspecified atom stereocenters. The lowest BCUT2D eigenvalue weighted by molar-refractivity contribution is -0.383. The zero-order chi connectivity index (χ0) is 38.3. The van der Waals surface area contributed by atoms with E-state index in [1.807, 2.05) is 12.1 Å². The molecule has 0 spiro atoms. The highest BCUT2D eigenvalue weighted by molar-refractivity contribution is 7.98. The number of carbonyl (C=O) groups excluding carboxylic acids is 2. The van der Waals surface area contributed by atoms with E-state index in [1.165, 1.54) is 81.4 Å². The van der Waals surface area contributed by atoms with E-state index in [4.69, 9.17) is 15.2 Å². The predicted octanol–water partition coefficient (Wildman–Crippen LogP) is 5.07. The fraction of sp³-hybridized carbons (Fsp3) is 0.538. The van der Waals surface area contributed by atoms with Crippen LogP contribution in [0.4, 0.5) is 17.3 Å². The third-order valence-corrected chi connectivity index (χ3v) is 11.3. The average Bonchev–Trinajstić information content (AvgIpc) is 4.04. The summed E-state index contributed by atoms with van der Waals surface area (Å²) < 4.78 is 9.95. The van der Waals surface area contributed by atoms with Crippen LogP contribution in [-0.2, 0) is 45.2 Å². The van der Waals surface area contributed by atoms with Crippen molar-refractivity contribution in [2.45, 2.75) is 93.8 Å². The number of benzene rings is 2. The van der Waals surface area contributed by atoms with Crippen LogP contribution in [-0.4, -0.2) is 94.4 Å². The van der Waals surface area contributed by atoms with Gasteiger partial charge in [-0.1, -0.05) is 60.3 Å². The molecular weight excluding hydrogens is 709 g/mol. The minimum Gasteiger partial charge on any atom is -0.468 e. The Morgan fingerprint density at radius 2 is 1.41 bits per heavy atom. The number of nitrogen functional groups attached to an aromatic ring is 1. The molecule has 54 heavy (non-hydrogen) atoms. The number of nitrogens with two attached hydrogens (primary N) is 1. The van der Waals surface area contributed by atoms with E-state index >= 15 is 0 Å². The van der Waals surface area contributed by atoms with E-state index in [9.17, 15) is 19.7 Å². The number of nitrogens with zero attached hydrogens (tertiary/aromatic N) is 6. The Morgan fingerprint density at radius 3 is 1.91 bits per heavy atom. The molecule has 2 saturated carbocycles. The van der Waals surface area contributed by atoms with Gasteiger partial charge in [0.2, 0.25) is 11.6 Å². The zero-order valence-electron chi connectivity index (χ0n) is 31.6. The van der Waals surface area contributed by atoms with Gasteiger partial charge in [0.15, 0.2) is 5.16 Å². The zero-order valence-corrected chi connectivity index (χ0v) is 32.4. The van der Waals surface area contributed by atoms with Gasteiger partial charge in [-0.05, 0) is 106 Å². The first-order valence-electron chi connectivity index (χ1n) is 18.8. The van der Waals surface area contributed by atoms with Crippen LogP contribution in [0.25, 0.3) is 0 Å². The van der Waals surface area contributed by atoms with Gasteiger partial charge in [0.1, 0.15) is 11.1 Å². The maximum absolute atomic E-state index is 12.8. The molecule has 3 N–H and O–H groups in total. The van der Waals surface area contributed by atoms with E-state index in [0.29, 0.717) is 18.0 Å². The molecule has 2 aliphatic carbocycles. The fourth-order valence-electron chi connectivity index (χ4n) is 7.50. The quantitative estimate of drug-likeness (QED) is 0.0692. The van der Waals surface area contributed by atoms with Gasteiger partial charge in [-0.3, -0.25) is 30.0 Å². The van der Waals surface area contributed by atoms with Crippen molar-refractivity contribution in [2.24, 2.45) is 0 Å². The Kier molecular flexibility index (Phi) is 12.7. The van der Waals surface area contributed by atoms with E-state index in [1.54, 1.807) is 11.2 Å². The summed E-state index contributed by atoms with van der Waals surface area (Å²) in [5.41, 5.74) is 8.83. The standard InChI is InChI=1S/C22H28N6O4S.C17H24N2O2/c1-32-20(29)22(8-9-22)27(19-17(28(30)31)18(23)24-21(25-19)33-2)14-16-7-5-6-15(12-16)13-26-10-3-4-11-26;1-21-16(20)17(7-8-17)18-12-14-5-4-6-15(11-14)13-19-9-2-3-10-19/h5-7,12H,3-4,8-11,13-14H2,1-2H3,(H2,23,24,25);4-6,11,18H,2-3,7-10,12-13H2,1H3. The summed E-state index contributed by atoms with van der Waals surface area (Å²) in [5, 5.41) is 15.6. The number of hydrogen-bond donors (Lipinski definition) is 2. The molecule has 0 atom stereocenters. The number of ether oxygens (including phenoxy) is 2. The fourth-order valence-corrected chi connectivity index (χ4v) is 7.87. The van der Waals surface area contributed by atoms with Crippen molar-refractivity contribution in [3.63, 3.8) is 0 Å². The maximum Gasteiger partial charge on any atom is 0.353 e. The molecule has 2 aliphatic heterocycles. The highest BCUT2D eigenvalue weighted by atomic mass is 32.2. The minimum atomic E-state index is -1.01. The topological polar surface area (TPSA) is 169 Å². The largest absolute Gasteiger partial charge is 0.468 e. The van der Waals surface area contributed by atoms with Crippen LogP contribution >= 0.6 is 11.8 Å². The van der Waals surface area contributed by atoms with Crippen LogP contribution in [0.2, 0.25) is 0 Å². The summed E-state index contributed by atoms with van der Waals surface area (Å²) in [6.07, 6.45) is 9.64. The van der Waals surface area contributed by atoms with Crippen LogP contribution in [0.5, 0.6) is 0 Å². The molecule has 3 heterocycles. The SMILES string of the molecule is COC(=O)C1(N(Cc2cccc(CN3CCCC3)c2)c2nc(SC)nc(N)c2[N+](=O)[O-])CC1.COC(=O)C1(NCc2cccc(CN3CCCC3)c2)CC1. The molecule has 0 amide bonds. The van der Waals surface area contributed by atoms with Gasteiger partial charge >= 0.3 is 17.6 Å². The highest BCUT2D eigenvalue weighted by Gasteiger charge is 2.58. The number of nitrogens with one attached hydrogen (secondary N) is 1. The summed E-state index contributed by atoms with van der Waals surface area (Å²) in [7, 11) is 2.79. The number of nitro groups is 1. The molecule has 15 heteroatoms. The average molecular weight is 761 g/mol. The van der Waals surface area contributed by atoms with Crippen LogP contribution in [0.3, 0.4) is 0 Å². The monoisotopic (exact) mass is 760 g/mol. The third kappa shape index (κ3) is 9.31. The van der Waals surface area contributed by atoms with E-state index in [-0.39, 0.29) is 24.1 Å². The van der Waals surface area contributed by atoms with E-state index < -0.39 is 27.7 Å². The number of aromatic nitrogens is 2. The Labute approximate surface area is 321 Å². The lowest BCUT2D eigenvalue weighted by Gasteiger charge is -2.31. The first kappa shape index (κ1) is 39.4. The normalized spacial score (nSPS) is 18.4. The van der Waals surface area contributed by atoms with Crippen molar-refractivity contribution in [1.29, 1.82) is 0 Å². The molecule has 7 rings (SSSR count). The molecule has 4 fully saturated rings. The Balaban J connectivity index is 0.000000203. The molecular formula is C39H52N8O6S. The second-order valence-corrected chi connectivity index (χ2v) is 15.4. The van der Waals surface area contributed by atoms with Crippen molar-refractivity contribution < 1.29 is 24.0 Å². The van der Waals surface area contributed by atoms with Gasteiger partial charge in [-0.25, -0.2) is 4.79 Å². The van der Waals surface area contributed by atoms with Crippen LogP contribution in [0, 0.1) is 10.1 Å². The smallest absolute Gasteiger partial charge is 0.353 e. The van der Waals surface area contributed by atoms with Gasteiger partial charge in [-0.15, -0.1) is 0 Å². The number of thioether (sulfide) groups is 1. The first-order chi connectivity index (χ1) is 26.1. The number of esters is 2. The number of methoxy groups -OCH3 is 2. The first-order valence-corrected chi connectivity index (χ1v) is 20.0. The molecule has 3 aromatic rings. The van der Waals surface area contributed by atoms with Gasteiger partial charge in [0, 0.05) is 26.2 Å². The van der Waals surface area contributed by atoms with Crippen LogP contribution < -0.4 is 16.0 Å². The number of rotatable bonds is 15. The molecule has 1 aromatic heterocycles. The van der Waals surface area contributed by atoms with Crippen LogP contribution in [0.15, 0.2) is 53.7 Å². The Morgan fingerprint density at radius 1 is 0.870 bits per heavy atom. The molecule has 0 bridgehead atoms. The van der Waals surface area contributed by atoms with Gasteiger partial charge in [-0.2, -0.15) is 9.97 Å². The maximum atomic E-state index is 12.8. The lowest BCUT2D eigenvalue weighted by Crippen LogP contribution is -2.45. The number of anilines is 2. The van der Waals surface area contributed by atoms with Crippen molar-refractivity contribution >= 4 is 41.0 Å². The second-order valence-electron chi connectivity index (χ2n) is 14.7. The summed E-state index contributed by atoms with van der Waals surface area (Å²) in [6.45, 7) is 7.49. The van der Waals surface area contributed by atoms with Gasteiger partial charge in [0.05, 0.1) is 19.1 Å². The summed E-state index contributed by atoms with van der Waals surface area (Å²) >= 11 is 1.23. The van der Waals surface area contributed by atoms with Gasteiger partial charge < -0.3 is 20.1 Å². The molecule has 2 aromatic carbocycles. The summed E-state index contributed by atoms with van der Waals surface area (Å²) in [4.78, 5) is 50.9. The van der Waals surface area contributed by atoms with Gasteiger partial charge in [0.25, 0.3) is 0 Å². The molecule has 14 nitrogen and oxygen atoms in total. The molecule has 2 saturated heterocycles. The second kappa shape index (κ2) is 17.4. The minimum absolute atomic E-state index is 0.0460. The molecule has 0 radical (unpaired) electrons. The molecule has 4 aliphatic rings. The Bertz CT molecular complexity index is 1810. The molecule has 290 valence electrons. The summed E-state index contributed by atoms with van der Waals surface area (Å²) in [6, 6.07) is 16.8. The predicted molar refractivity (Wildman–Crippen MR) is 208 cm³/mol. The van der Waals surface area contributed by atoms with E-state index in [0.717, 1.165) is 51.1 Å². The van der Waals surface area contributed by atoms with Crippen LogP contribution in [0.1, 0.15) is 73.6 Å². The summed E-state index contributed by atoms with van der Waals surface area (Å²) in [5.74, 6) is -0.740. The van der Waals surface area contributed by atoms with Crippen molar-refractivity contribution in [1.82, 2.24) is 25.1 Å². The van der Waals surface area contributed by atoms with E-state index in [2.05, 4.69) is 61.5 Å². The van der Waals surface area contributed by atoms with Crippen molar-refractivity contribution in [3.05, 3.63) is 80.9 Å². The van der Waals surface area contributed by atoms with Crippen molar-refractivity contribution in [3.8, 4) is 0 Å². The lowest BCUT2D eigenvalue weighted by atomic mass is 10.1. The number of carbonyl (C=O) groups is 2. The third-order valence-electron chi connectivity index (χ3n) is 10.8. The highest BCUT2D eigenvalue weighted by Crippen LogP contribution is 2.48. The Hall–Kier alpha value is -4.31. The van der Waals surface area contributed by atoms with Crippen molar-refractivity contribution in [2.75, 3.05) is 57.3 Å².